The van der Waals surface area contributed by atoms with Gasteiger partial charge in [0.1, 0.15) is 0 Å². The highest BCUT2D eigenvalue weighted by Gasteiger charge is 2.18. The van der Waals surface area contributed by atoms with Gasteiger partial charge in [-0.3, -0.25) is 9.78 Å². The number of aryl methyl sites for hydroxylation is 1. The molecule has 0 aliphatic carbocycles. The lowest BCUT2D eigenvalue weighted by Gasteiger charge is -2.10. The van der Waals surface area contributed by atoms with Crippen molar-refractivity contribution in [2.24, 2.45) is 5.73 Å². The lowest BCUT2D eigenvalue weighted by atomic mass is 10.1. The molecule has 2 aromatic heterocycles. The topological polar surface area (TPSA) is 103 Å². The van der Waals surface area contributed by atoms with Crippen LogP contribution < -0.4 is 5.73 Å². The monoisotopic (exact) mass is 355 g/mol. The van der Waals surface area contributed by atoms with E-state index in [2.05, 4.69) is 9.97 Å². The smallest absolute Gasteiger partial charge is 0.248 e. The van der Waals surface area contributed by atoms with Gasteiger partial charge in [0.25, 0.3) is 0 Å². The first-order valence-electron chi connectivity index (χ1n) is 7.59. The van der Waals surface area contributed by atoms with E-state index >= 15 is 0 Å². The minimum Gasteiger partial charge on any atom is -0.366 e. The van der Waals surface area contributed by atoms with Crippen molar-refractivity contribution in [2.75, 3.05) is 6.26 Å². The quantitative estimate of drug-likeness (QED) is 0.771. The van der Waals surface area contributed by atoms with Gasteiger partial charge in [0, 0.05) is 35.5 Å². The molecule has 1 amide bonds. The van der Waals surface area contributed by atoms with E-state index in [1.54, 1.807) is 12.1 Å². The molecule has 3 rings (SSSR count). The summed E-state index contributed by atoms with van der Waals surface area (Å²) in [7, 11) is -3.51. The second-order valence-electron chi connectivity index (χ2n) is 6.00. The Morgan fingerprint density at radius 1 is 1.16 bits per heavy atom. The Labute approximate surface area is 145 Å². The number of pyridine rings is 2. The molecule has 0 unspecified atom stereocenters. The number of rotatable bonds is 4. The van der Waals surface area contributed by atoms with E-state index < -0.39 is 15.7 Å². The van der Waals surface area contributed by atoms with Gasteiger partial charge >= 0.3 is 0 Å². The Morgan fingerprint density at radius 3 is 2.60 bits per heavy atom. The van der Waals surface area contributed by atoms with E-state index in [1.807, 2.05) is 25.1 Å². The summed E-state index contributed by atoms with van der Waals surface area (Å²) in [4.78, 5) is 19.9. The highest BCUT2D eigenvalue weighted by molar-refractivity contribution is 7.90. The lowest BCUT2D eigenvalue weighted by molar-refractivity contribution is 0.1000. The third-order valence-electron chi connectivity index (χ3n) is 3.83. The second kappa shape index (κ2) is 6.25. The number of aromatic nitrogens is 2. The Morgan fingerprint density at radius 2 is 1.92 bits per heavy atom. The van der Waals surface area contributed by atoms with Crippen LogP contribution in [0.5, 0.6) is 0 Å². The van der Waals surface area contributed by atoms with Crippen molar-refractivity contribution in [2.45, 2.75) is 18.4 Å². The maximum Gasteiger partial charge on any atom is 0.248 e. The lowest BCUT2D eigenvalue weighted by Crippen LogP contribution is -2.12. The molecule has 2 N–H and O–H groups in total. The molecule has 0 radical (unpaired) electrons. The van der Waals surface area contributed by atoms with Crippen LogP contribution in [-0.4, -0.2) is 30.5 Å². The normalized spacial score (nSPS) is 11.6. The number of sulfone groups is 1. The molecule has 0 saturated carbocycles. The third kappa shape index (κ3) is 3.66. The number of nitrogens with two attached hydrogens (primary N) is 1. The van der Waals surface area contributed by atoms with Crippen molar-refractivity contribution in [3.63, 3.8) is 0 Å². The molecule has 3 aromatic rings. The molecule has 25 heavy (non-hydrogen) atoms. The average Bonchev–Trinajstić information content (AvgIpc) is 2.53. The summed E-state index contributed by atoms with van der Waals surface area (Å²) in [6, 6.07) is 10.5. The first kappa shape index (κ1) is 17.0. The fourth-order valence-electron chi connectivity index (χ4n) is 2.69. The Bertz CT molecular complexity index is 1090. The van der Waals surface area contributed by atoms with E-state index in [0.29, 0.717) is 22.3 Å². The largest absolute Gasteiger partial charge is 0.366 e. The van der Waals surface area contributed by atoms with Crippen molar-refractivity contribution in [1.29, 1.82) is 0 Å². The molecular weight excluding hydrogens is 338 g/mol. The van der Waals surface area contributed by atoms with Gasteiger partial charge in [-0.05, 0) is 42.8 Å². The molecule has 0 atom stereocenters. The molecular formula is C18H17N3O3S. The molecule has 0 aliphatic rings. The molecule has 6 nitrogen and oxygen atoms in total. The summed E-state index contributed by atoms with van der Waals surface area (Å²) >= 11 is 0. The number of carbonyl (C=O) groups is 1. The van der Waals surface area contributed by atoms with Crippen molar-refractivity contribution in [1.82, 2.24) is 9.97 Å². The van der Waals surface area contributed by atoms with Crippen LogP contribution in [0.1, 0.15) is 27.2 Å². The molecule has 7 heteroatoms. The predicted molar refractivity (Wildman–Crippen MR) is 95.2 cm³/mol. The minimum absolute atomic E-state index is 0.0233. The minimum atomic E-state index is -3.51. The Balaban J connectivity index is 2.16. The molecule has 0 saturated heterocycles. The Kier molecular flexibility index (Phi) is 4.26. The molecule has 0 aliphatic heterocycles. The van der Waals surface area contributed by atoms with Gasteiger partial charge in [-0.2, -0.15) is 0 Å². The first-order chi connectivity index (χ1) is 11.7. The highest BCUT2D eigenvalue weighted by atomic mass is 32.2. The molecule has 0 bridgehead atoms. The zero-order valence-corrected chi connectivity index (χ0v) is 14.7. The van der Waals surface area contributed by atoms with Gasteiger partial charge < -0.3 is 5.73 Å². The van der Waals surface area contributed by atoms with Crippen molar-refractivity contribution < 1.29 is 13.2 Å². The number of amides is 1. The van der Waals surface area contributed by atoms with Gasteiger partial charge in [-0.1, -0.05) is 11.6 Å². The summed E-state index contributed by atoms with van der Waals surface area (Å²) in [6.07, 6.45) is 2.85. The first-order valence-corrected chi connectivity index (χ1v) is 9.48. The Hall–Kier alpha value is -2.80. The van der Waals surface area contributed by atoms with Crippen molar-refractivity contribution in [3.8, 4) is 0 Å². The van der Waals surface area contributed by atoms with Gasteiger partial charge in [0.05, 0.1) is 5.52 Å². The van der Waals surface area contributed by atoms with Crippen LogP contribution in [-0.2, 0) is 16.3 Å². The van der Waals surface area contributed by atoms with Gasteiger partial charge in [-0.15, -0.1) is 0 Å². The number of primary amides is 1. The van der Waals surface area contributed by atoms with Crippen LogP contribution >= 0.6 is 0 Å². The molecule has 2 heterocycles. The molecule has 0 spiro atoms. The van der Waals surface area contributed by atoms with Crippen molar-refractivity contribution >= 4 is 26.6 Å². The van der Waals surface area contributed by atoms with Gasteiger partial charge in [0.15, 0.2) is 14.9 Å². The summed E-state index contributed by atoms with van der Waals surface area (Å²) in [5, 5.41) is 0.878. The fourth-order valence-corrected chi connectivity index (χ4v) is 3.56. The maximum atomic E-state index is 12.2. The van der Waals surface area contributed by atoms with Crippen molar-refractivity contribution in [3.05, 3.63) is 65.0 Å². The summed E-state index contributed by atoms with van der Waals surface area (Å²) in [5.74, 6) is -0.556. The van der Waals surface area contributed by atoms with Gasteiger partial charge in [0.2, 0.25) is 5.91 Å². The highest BCUT2D eigenvalue weighted by Crippen LogP contribution is 2.23. The molecule has 128 valence electrons. The van der Waals surface area contributed by atoms with Crippen LogP contribution in [0.25, 0.3) is 10.9 Å². The number of benzene rings is 1. The summed E-state index contributed by atoms with van der Waals surface area (Å²) in [5.41, 5.74) is 8.38. The fraction of sp³-hybridized carbons (Fsp3) is 0.167. The predicted octanol–water partition coefficient (Wildman–Crippen LogP) is 2.03. The maximum absolute atomic E-state index is 12.2. The van der Waals surface area contributed by atoms with Crippen LogP contribution in [0.2, 0.25) is 0 Å². The summed E-state index contributed by atoms with van der Waals surface area (Å²) in [6.45, 7) is 1.96. The number of nitrogens with zero attached hydrogens (tertiary/aromatic N) is 2. The number of carbonyl (C=O) groups excluding carboxylic acids is 1. The molecule has 0 fully saturated rings. The van der Waals surface area contributed by atoms with Crippen LogP contribution in [0, 0.1) is 6.92 Å². The van der Waals surface area contributed by atoms with Crippen LogP contribution in [0.15, 0.2) is 47.6 Å². The zero-order chi connectivity index (χ0) is 18.2. The van der Waals surface area contributed by atoms with Crippen LogP contribution in [0.4, 0.5) is 0 Å². The standard InChI is InChI=1S/C18H17N3O3S/c1-11-3-4-16-13(7-11)8-14(18(21-16)25(2,23)24)10-15-9-12(17(19)22)5-6-20-15/h3-9H,10H2,1-2H3,(H2,19,22). The van der Waals surface area contributed by atoms with E-state index in [4.69, 9.17) is 5.73 Å². The van der Waals surface area contributed by atoms with Crippen LogP contribution in [0.3, 0.4) is 0 Å². The number of fused-ring (bicyclic) bond motifs is 1. The average molecular weight is 355 g/mol. The van der Waals surface area contributed by atoms with E-state index in [-0.39, 0.29) is 11.4 Å². The van der Waals surface area contributed by atoms with E-state index in [1.165, 1.54) is 12.3 Å². The SMILES string of the molecule is Cc1ccc2nc(S(C)(=O)=O)c(Cc3cc(C(N)=O)ccn3)cc2c1. The van der Waals surface area contributed by atoms with Gasteiger partial charge in [-0.25, -0.2) is 13.4 Å². The zero-order valence-electron chi connectivity index (χ0n) is 13.9. The van der Waals surface area contributed by atoms with E-state index in [9.17, 15) is 13.2 Å². The number of hydrogen-bond acceptors (Lipinski definition) is 5. The van der Waals surface area contributed by atoms with E-state index in [0.717, 1.165) is 17.2 Å². The molecule has 1 aromatic carbocycles. The summed E-state index contributed by atoms with van der Waals surface area (Å²) < 4.78 is 24.3. The number of hydrogen-bond donors (Lipinski definition) is 1. The third-order valence-corrected chi connectivity index (χ3v) is 4.89. The second-order valence-corrected chi connectivity index (χ2v) is 7.93.